The number of halogens is 1. The van der Waals surface area contributed by atoms with Crippen molar-refractivity contribution < 1.29 is 9.50 Å². The van der Waals surface area contributed by atoms with E-state index in [-0.39, 0.29) is 12.4 Å². The molecule has 4 nitrogen and oxygen atoms in total. The number of likely N-dealkylation sites (N-methyl/N-ethyl adjacent to an activating group) is 1. The molecule has 1 aromatic rings. The molecule has 0 saturated carbocycles. The van der Waals surface area contributed by atoms with Crippen LogP contribution in [0.1, 0.15) is 19.5 Å². The Balaban J connectivity index is 3.12. The van der Waals surface area contributed by atoms with Crippen LogP contribution in [0.4, 0.5) is 10.2 Å². The van der Waals surface area contributed by atoms with Gasteiger partial charge in [-0.3, -0.25) is 0 Å². The molecule has 0 aromatic carbocycles. The molecular formula is C10H16FN3O. The van der Waals surface area contributed by atoms with Gasteiger partial charge in [-0.05, 0) is 20.8 Å². The quantitative estimate of drug-likeness (QED) is 0.817. The first-order valence-electron chi connectivity index (χ1n) is 4.72. The molecule has 0 aliphatic rings. The molecule has 1 heterocycles. The number of rotatable bonds is 3. The van der Waals surface area contributed by atoms with Gasteiger partial charge < -0.3 is 10.0 Å². The Labute approximate surface area is 88.8 Å². The Kier molecular flexibility index (Phi) is 3.24. The third-order valence-corrected chi connectivity index (χ3v) is 2.56. The largest absolute Gasteiger partial charge is 0.394 e. The maximum Gasteiger partial charge on any atom is 0.186 e. The minimum Gasteiger partial charge on any atom is -0.394 e. The fourth-order valence-electron chi connectivity index (χ4n) is 1.07. The molecule has 0 aliphatic carbocycles. The molecule has 0 unspecified atom stereocenters. The summed E-state index contributed by atoms with van der Waals surface area (Å²) in [6, 6.07) is 0. The van der Waals surface area contributed by atoms with Gasteiger partial charge in [0.15, 0.2) is 11.6 Å². The topological polar surface area (TPSA) is 49.2 Å². The first-order valence-corrected chi connectivity index (χ1v) is 4.72. The molecule has 0 saturated heterocycles. The molecule has 0 spiro atoms. The predicted molar refractivity (Wildman–Crippen MR) is 56.3 cm³/mol. The Morgan fingerprint density at radius 2 is 2.07 bits per heavy atom. The molecule has 15 heavy (non-hydrogen) atoms. The number of nitrogens with zero attached hydrogens (tertiary/aromatic N) is 3. The number of aliphatic hydroxyl groups is 1. The lowest BCUT2D eigenvalue weighted by atomic mass is 10.1. The smallest absolute Gasteiger partial charge is 0.186 e. The van der Waals surface area contributed by atoms with Crippen molar-refractivity contribution >= 4 is 5.82 Å². The molecule has 1 N–H and O–H groups in total. The van der Waals surface area contributed by atoms with Gasteiger partial charge in [-0.15, -0.1) is 0 Å². The van der Waals surface area contributed by atoms with Crippen molar-refractivity contribution in [1.29, 1.82) is 0 Å². The van der Waals surface area contributed by atoms with E-state index in [1.54, 1.807) is 18.9 Å². The molecule has 0 bridgehead atoms. The van der Waals surface area contributed by atoms with E-state index in [4.69, 9.17) is 0 Å². The summed E-state index contributed by atoms with van der Waals surface area (Å²) in [4.78, 5) is 9.24. The number of aliphatic hydroxyl groups excluding tert-OH is 1. The average molecular weight is 213 g/mol. The summed E-state index contributed by atoms with van der Waals surface area (Å²) in [7, 11) is 1.70. The first-order chi connectivity index (χ1) is 6.90. The second-order valence-electron chi connectivity index (χ2n) is 4.13. The van der Waals surface area contributed by atoms with Crippen LogP contribution in [0.25, 0.3) is 0 Å². The highest BCUT2D eigenvalue weighted by Gasteiger charge is 2.26. The zero-order chi connectivity index (χ0) is 11.6. The van der Waals surface area contributed by atoms with E-state index in [2.05, 4.69) is 9.97 Å². The summed E-state index contributed by atoms with van der Waals surface area (Å²) in [6.07, 6.45) is 1.32. The lowest BCUT2D eigenvalue weighted by Gasteiger charge is -2.34. The van der Waals surface area contributed by atoms with Crippen LogP contribution in [-0.2, 0) is 0 Å². The van der Waals surface area contributed by atoms with Crippen LogP contribution in [0.5, 0.6) is 0 Å². The monoisotopic (exact) mass is 213 g/mol. The van der Waals surface area contributed by atoms with Gasteiger partial charge in [0.25, 0.3) is 0 Å². The highest BCUT2D eigenvalue weighted by molar-refractivity contribution is 5.42. The Morgan fingerprint density at radius 3 is 2.60 bits per heavy atom. The van der Waals surface area contributed by atoms with Gasteiger partial charge in [0.1, 0.15) is 6.33 Å². The van der Waals surface area contributed by atoms with Crippen molar-refractivity contribution in [3.05, 3.63) is 17.8 Å². The fraction of sp³-hybridized carbons (Fsp3) is 0.600. The van der Waals surface area contributed by atoms with Crippen LogP contribution in [-0.4, -0.2) is 34.3 Å². The zero-order valence-corrected chi connectivity index (χ0v) is 9.45. The predicted octanol–water partition coefficient (Wildman–Crippen LogP) is 1.13. The van der Waals surface area contributed by atoms with Gasteiger partial charge in [0.2, 0.25) is 0 Å². The second-order valence-corrected chi connectivity index (χ2v) is 4.13. The third kappa shape index (κ3) is 2.23. The molecule has 84 valence electrons. The van der Waals surface area contributed by atoms with E-state index >= 15 is 0 Å². The van der Waals surface area contributed by atoms with E-state index in [9.17, 15) is 9.50 Å². The van der Waals surface area contributed by atoms with Crippen LogP contribution in [0.15, 0.2) is 6.33 Å². The Bertz CT molecular complexity index is 355. The highest BCUT2D eigenvalue weighted by atomic mass is 19.1. The van der Waals surface area contributed by atoms with E-state index in [0.29, 0.717) is 5.69 Å². The normalized spacial score (nSPS) is 11.6. The van der Waals surface area contributed by atoms with Gasteiger partial charge in [-0.1, -0.05) is 0 Å². The van der Waals surface area contributed by atoms with Crippen molar-refractivity contribution in [1.82, 2.24) is 9.97 Å². The molecule has 0 amide bonds. The van der Waals surface area contributed by atoms with E-state index in [0.717, 1.165) is 0 Å². The van der Waals surface area contributed by atoms with Crippen molar-refractivity contribution in [2.45, 2.75) is 26.3 Å². The molecule has 0 atom stereocenters. The SMILES string of the molecule is Cc1ncnc(N(C)C(C)(C)CO)c1F. The molecule has 5 heteroatoms. The van der Waals surface area contributed by atoms with Crippen LogP contribution < -0.4 is 4.90 Å². The maximum atomic E-state index is 13.7. The zero-order valence-electron chi connectivity index (χ0n) is 9.45. The minimum absolute atomic E-state index is 0.0774. The highest BCUT2D eigenvalue weighted by Crippen LogP contribution is 2.23. The number of anilines is 1. The van der Waals surface area contributed by atoms with Gasteiger partial charge in [-0.25, -0.2) is 14.4 Å². The summed E-state index contributed by atoms with van der Waals surface area (Å²) >= 11 is 0. The van der Waals surface area contributed by atoms with Gasteiger partial charge in [0, 0.05) is 7.05 Å². The van der Waals surface area contributed by atoms with Crippen LogP contribution in [0.3, 0.4) is 0 Å². The summed E-state index contributed by atoms with van der Waals surface area (Å²) in [5.41, 5.74) is -0.248. The Hall–Kier alpha value is -1.23. The summed E-state index contributed by atoms with van der Waals surface area (Å²) in [6.45, 7) is 5.13. The lowest BCUT2D eigenvalue weighted by Crippen LogP contribution is -2.45. The van der Waals surface area contributed by atoms with Crippen molar-refractivity contribution in [3.63, 3.8) is 0 Å². The van der Waals surface area contributed by atoms with Gasteiger partial charge in [-0.2, -0.15) is 0 Å². The molecule has 1 rings (SSSR count). The van der Waals surface area contributed by atoms with Crippen LogP contribution >= 0.6 is 0 Å². The lowest BCUT2D eigenvalue weighted by molar-refractivity contribution is 0.215. The summed E-state index contributed by atoms with van der Waals surface area (Å²) in [5.74, 6) is -0.233. The van der Waals surface area contributed by atoms with Crippen LogP contribution in [0, 0.1) is 12.7 Å². The summed E-state index contributed by atoms with van der Waals surface area (Å²) in [5, 5.41) is 9.18. The van der Waals surface area contributed by atoms with Crippen LogP contribution in [0.2, 0.25) is 0 Å². The van der Waals surface area contributed by atoms with Gasteiger partial charge in [0.05, 0.1) is 17.8 Å². The fourth-order valence-corrected chi connectivity index (χ4v) is 1.07. The van der Waals surface area contributed by atoms with E-state index in [1.165, 1.54) is 6.33 Å². The molecule has 1 aromatic heterocycles. The first kappa shape index (κ1) is 11.8. The van der Waals surface area contributed by atoms with E-state index < -0.39 is 11.4 Å². The second kappa shape index (κ2) is 4.10. The van der Waals surface area contributed by atoms with Crippen molar-refractivity contribution in [3.8, 4) is 0 Å². The number of aryl methyl sites for hydroxylation is 1. The van der Waals surface area contributed by atoms with Crippen molar-refractivity contribution in [2.75, 3.05) is 18.6 Å². The minimum atomic E-state index is -0.554. The average Bonchev–Trinajstić information content (AvgIpc) is 2.21. The maximum absolute atomic E-state index is 13.7. The van der Waals surface area contributed by atoms with E-state index in [1.807, 2.05) is 13.8 Å². The standard InChI is InChI=1S/C10H16FN3O/c1-7-8(11)9(13-6-12-7)14(4)10(2,3)5-15/h6,15H,5H2,1-4H3. The number of hydrogen-bond acceptors (Lipinski definition) is 4. The molecular weight excluding hydrogens is 197 g/mol. The molecule has 0 radical (unpaired) electrons. The Morgan fingerprint density at radius 1 is 1.47 bits per heavy atom. The molecule has 0 fully saturated rings. The molecule has 0 aliphatic heterocycles. The van der Waals surface area contributed by atoms with Gasteiger partial charge >= 0.3 is 0 Å². The number of aromatic nitrogens is 2. The number of hydrogen-bond donors (Lipinski definition) is 1. The summed E-state index contributed by atoms with van der Waals surface area (Å²) < 4.78 is 13.7. The van der Waals surface area contributed by atoms with Crippen molar-refractivity contribution in [2.24, 2.45) is 0 Å². The third-order valence-electron chi connectivity index (χ3n) is 2.56.